The van der Waals surface area contributed by atoms with Crippen LogP contribution >= 0.6 is 0 Å². The minimum absolute atomic E-state index is 0.0105. The van der Waals surface area contributed by atoms with Crippen molar-refractivity contribution in [3.8, 4) is 5.75 Å². The van der Waals surface area contributed by atoms with Gasteiger partial charge in [-0.05, 0) is 31.0 Å². The molecule has 2 aliphatic rings. The lowest BCUT2D eigenvalue weighted by Crippen LogP contribution is -2.46. The average Bonchev–Trinajstić information content (AvgIpc) is 3.17. The number of amides is 2. The van der Waals surface area contributed by atoms with Gasteiger partial charge in [0.1, 0.15) is 17.4 Å². The van der Waals surface area contributed by atoms with Crippen LogP contribution in [-0.2, 0) is 16.1 Å². The number of nitrogens with zero attached hydrogens (tertiary/aromatic N) is 2. The molecule has 4 rings (SSSR count). The fourth-order valence-corrected chi connectivity index (χ4v) is 4.45. The number of anilines is 1. The number of carbonyl (C=O) groups is 2. The van der Waals surface area contributed by atoms with Gasteiger partial charge in [0, 0.05) is 50.3 Å². The molecular weight excluding hydrogens is 416 g/mol. The van der Waals surface area contributed by atoms with Crippen LogP contribution < -0.4 is 15.0 Å². The Morgan fingerprint density at radius 2 is 1.91 bits per heavy atom. The molecule has 2 fully saturated rings. The summed E-state index contributed by atoms with van der Waals surface area (Å²) in [6, 6.07) is 11.1. The summed E-state index contributed by atoms with van der Waals surface area (Å²) in [5.41, 5.74) is 1.14. The molecule has 2 aromatic rings. The third-order valence-corrected chi connectivity index (χ3v) is 6.22. The number of likely N-dealkylation sites (tertiary alicyclic amines) is 1. The molecule has 2 saturated heterocycles. The zero-order chi connectivity index (χ0) is 22.7. The summed E-state index contributed by atoms with van der Waals surface area (Å²) in [5.74, 6) is -1.70. The molecule has 0 bridgehead atoms. The molecule has 1 unspecified atom stereocenters. The minimum Gasteiger partial charge on any atom is -0.496 e. The van der Waals surface area contributed by atoms with E-state index in [0.29, 0.717) is 0 Å². The summed E-state index contributed by atoms with van der Waals surface area (Å²) in [4.78, 5) is 28.7. The number of rotatable bonds is 6. The Balaban J connectivity index is 1.28. The number of piperidine rings is 1. The van der Waals surface area contributed by atoms with Crippen LogP contribution in [-0.4, -0.2) is 49.5 Å². The van der Waals surface area contributed by atoms with E-state index in [-0.39, 0.29) is 36.5 Å². The maximum Gasteiger partial charge on any atom is 0.227 e. The van der Waals surface area contributed by atoms with E-state index in [1.807, 2.05) is 18.2 Å². The fraction of sp³-hybridized carbons (Fsp3) is 0.417. The number of benzene rings is 2. The first-order chi connectivity index (χ1) is 15.4. The van der Waals surface area contributed by atoms with E-state index in [1.54, 1.807) is 7.11 Å². The highest BCUT2D eigenvalue weighted by Crippen LogP contribution is 2.28. The van der Waals surface area contributed by atoms with E-state index in [1.165, 1.54) is 11.0 Å². The number of hydrogen-bond acceptors (Lipinski definition) is 4. The highest BCUT2D eigenvalue weighted by Gasteiger charge is 2.37. The molecule has 32 heavy (non-hydrogen) atoms. The number of hydrogen-bond donors (Lipinski definition) is 1. The van der Waals surface area contributed by atoms with Crippen LogP contribution in [0.1, 0.15) is 24.8 Å². The van der Waals surface area contributed by atoms with Crippen LogP contribution in [0.25, 0.3) is 0 Å². The summed E-state index contributed by atoms with van der Waals surface area (Å²) >= 11 is 0. The van der Waals surface area contributed by atoms with Gasteiger partial charge in [0.2, 0.25) is 11.8 Å². The largest absolute Gasteiger partial charge is 0.496 e. The van der Waals surface area contributed by atoms with Gasteiger partial charge in [-0.1, -0.05) is 18.2 Å². The van der Waals surface area contributed by atoms with E-state index < -0.39 is 17.6 Å². The molecule has 0 radical (unpaired) electrons. The van der Waals surface area contributed by atoms with Gasteiger partial charge in [-0.2, -0.15) is 0 Å². The molecule has 6 nitrogen and oxygen atoms in total. The van der Waals surface area contributed by atoms with Gasteiger partial charge < -0.3 is 15.0 Å². The van der Waals surface area contributed by atoms with Crippen LogP contribution in [0.3, 0.4) is 0 Å². The molecule has 2 aliphatic heterocycles. The molecule has 2 amide bonds. The maximum atomic E-state index is 14.1. The summed E-state index contributed by atoms with van der Waals surface area (Å²) in [7, 11) is 1.67. The summed E-state index contributed by atoms with van der Waals surface area (Å²) in [5, 5.41) is 3.06. The summed E-state index contributed by atoms with van der Waals surface area (Å²) in [6.07, 6.45) is 1.66. The molecule has 2 heterocycles. The molecule has 8 heteroatoms. The average molecular weight is 443 g/mol. The Morgan fingerprint density at radius 1 is 1.16 bits per heavy atom. The van der Waals surface area contributed by atoms with Gasteiger partial charge in [0.15, 0.2) is 0 Å². The number of nitrogens with one attached hydrogen (secondary N) is 1. The van der Waals surface area contributed by atoms with Crippen molar-refractivity contribution < 1.29 is 23.1 Å². The lowest BCUT2D eigenvalue weighted by molar-refractivity contribution is -0.127. The van der Waals surface area contributed by atoms with Crippen molar-refractivity contribution in [3.63, 3.8) is 0 Å². The van der Waals surface area contributed by atoms with Gasteiger partial charge >= 0.3 is 0 Å². The summed E-state index contributed by atoms with van der Waals surface area (Å²) in [6.45, 7) is 2.58. The van der Waals surface area contributed by atoms with Crippen molar-refractivity contribution in [1.29, 1.82) is 0 Å². The predicted molar refractivity (Wildman–Crippen MR) is 116 cm³/mol. The first-order valence-electron chi connectivity index (χ1n) is 10.8. The first kappa shape index (κ1) is 22.2. The second kappa shape index (κ2) is 9.65. The van der Waals surface area contributed by atoms with E-state index in [2.05, 4.69) is 16.3 Å². The molecule has 0 spiro atoms. The number of methoxy groups -OCH3 is 1. The number of carbonyl (C=O) groups excluding carboxylic acids is 2. The highest BCUT2D eigenvalue weighted by atomic mass is 19.1. The second-order valence-corrected chi connectivity index (χ2v) is 8.37. The smallest absolute Gasteiger partial charge is 0.227 e. The highest BCUT2D eigenvalue weighted by molar-refractivity contribution is 6.00. The van der Waals surface area contributed by atoms with Crippen LogP contribution in [0.2, 0.25) is 0 Å². The molecule has 1 atom stereocenters. The molecule has 0 aromatic heterocycles. The number of halogens is 2. The van der Waals surface area contributed by atoms with E-state index in [0.717, 1.165) is 55.9 Å². The Bertz CT molecular complexity index is 992. The second-order valence-electron chi connectivity index (χ2n) is 8.37. The first-order valence-corrected chi connectivity index (χ1v) is 10.8. The van der Waals surface area contributed by atoms with Crippen LogP contribution in [0, 0.1) is 17.6 Å². The van der Waals surface area contributed by atoms with Crippen molar-refractivity contribution in [3.05, 3.63) is 59.7 Å². The standard InChI is InChI=1S/C24H27F2N3O3/c1-32-22-5-3-2-4-16(22)14-28-10-8-19(9-11-28)27-24(31)17-12-23(30)29(15-17)21-7-6-18(25)13-20(21)26/h2-7,13,17,19H,8-12,14-15H2,1H3,(H,27,31). The van der Waals surface area contributed by atoms with Gasteiger partial charge in [0.25, 0.3) is 0 Å². The Kier molecular flexibility index (Phi) is 6.69. The van der Waals surface area contributed by atoms with Crippen LogP contribution in [0.5, 0.6) is 5.75 Å². The van der Waals surface area contributed by atoms with Crippen molar-refractivity contribution in [1.82, 2.24) is 10.2 Å². The number of ether oxygens (including phenoxy) is 1. The zero-order valence-corrected chi connectivity index (χ0v) is 18.0. The van der Waals surface area contributed by atoms with E-state index >= 15 is 0 Å². The lowest BCUT2D eigenvalue weighted by Gasteiger charge is -2.33. The third kappa shape index (κ3) is 4.91. The third-order valence-electron chi connectivity index (χ3n) is 6.22. The SMILES string of the molecule is COc1ccccc1CN1CCC(NC(=O)C2CC(=O)N(c3ccc(F)cc3F)C2)CC1. The van der Waals surface area contributed by atoms with Crippen LogP contribution in [0.15, 0.2) is 42.5 Å². The van der Waals surface area contributed by atoms with Crippen molar-refractivity contribution >= 4 is 17.5 Å². The van der Waals surface area contributed by atoms with E-state index in [4.69, 9.17) is 4.74 Å². The van der Waals surface area contributed by atoms with Crippen molar-refractivity contribution in [2.45, 2.75) is 31.8 Å². The Hall–Kier alpha value is -3.00. The fourth-order valence-electron chi connectivity index (χ4n) is 4.45. The zero-order valence-electron chi connectivity index (χ0n) is 18.0. The van der Waals surface area contributed by atoms with E-state index in [9.17, 15) is 18.4 Å². The molecule has 0 aliphatic carbocycles. The van der Waals surface area contributed by atoms with Gasteiger partial charge in [-0.15, -0.1) is 0 Å². The molecule has 1 N–H and O–H groups in total. The Morgan fingerprint density at radius 3 is 2.62 bits per heavy atom. The summed E-state index contributed by atoms with van der Waals surface area (Å²) < 4.78 is 32.7. The maximum absolute atomic E-state index is 14.1. The molecule has 0 saturated carbocycles. The Labute approximate surface area is 186 Å². The molecule has 170 valence electrons. The van der Waals surface area contributed by atoms with Crippen molar-refractivity contribution in [2.75, 3.05) is 31.6 Å². The topological polar surface area (TPSA) is 61.9 Å². The monoisotopic (exact) mass is 443 g/mol. The van der Waals surface area contributed by atoms with Gasteiger partial charge in [-0.3, -0.25) is 14.5 Å². The van der Waals surface area contributed by atoms with Crippen molar-refractivity contribution in [2.24, 2.45) is 5.92 Å². The normalized spacial score (nSPS) is 19.9. The van der Waals surface area contributed by atoms with Gasteiger partial charge in [-0.25, -0.2) is 8.78 Å². The molecular formula is C24H27F2N3O3. The molecule has 2 aromatic carbocycles. The van der Waals surface area contributed by atoms with Gasteiger partial charge in [0.05, 0.1) is 18.7 Å². The quantitative estimate of drug-likeness (QED) is 0.745. The lowest BCUT2D eigenvalue weighted by atomic mass is 10.0. The number of para-hydroxylation sites is 1. The van der Waals surface area contributed by atoms with Crippen LogP contribution in [0.4, 0.5) is 14.5 Å². The minimum atomic E-state index is -0.804. The predicted octanol–water partition coefficient (Wildman–Crippen LogP) is 3.11.